The van der Waals surface area contributed by atoms with Crippen LogP contribution in [-0.2, 0) is 23.9 Å². The summed E-state index contributed by atoms with van der Waals surface area (Å²) in [7, 11) is 0.331. The van der Waals surface area contributed by atoms with Gasteiger partial charge in [0.25, 0.3) is 0 Å². The minimum Gasteiger partial charge on any atom is -0.469 e. The molecule has 1 fully saturated rings. The second-order valence-electron chi connectivity index (χ2n) is 4.52. The lowest BCUT2D eigenvalue weighted by Gasteiger charge is -2.16. The predicted octanol–water partition coefficient (Wildman–Crippen LogP) is 0.860. The molecule has 1 aliphatic rings. The van der Waals surface area contributed by atoms with Gasteiger partial charge in [-0.1, -0.05) is 0 Å². The maximum absolute atomic E-state index is 11.9. The summed E-state index contributed by atoms with van der Waals surface area (Å²) < 4.78 is 8.81. The molecule has 8 nitrogen and oxygen atoms in total. The number of amides is 1. The lowest BCUT2D eigenvalue weighted by atomic mass is 10.1. The molecule has 126 valence electrons. The molecule has 2 rings (SSSR count). The number of ether oxygens (including phenoxy) is 1. The molecule has 1 aliphatic heterocycles. The van der Waals surface area contributed by atoms with Crippen LogP contribution in [0.2, 0.25) is 0 Å². The van der Waals surface area contributed by atoms with Gasteiger partial charge in [-0.25, -0.2) is 4.79 Å². The monoisotopic (exact) mass is 361 g/mol. The van der Waals surface area contributed by atoms with Crippen LogP contribution < -0.4 is 4.90 Å². The van der Waals surface area contributed by atoms with E-state index in [0.717, 1.165) is 0 Å². The first-order valence-corrected chi connectivity index (χ1v) is 7.17. The van der Waals surface area contributed by atoms with Gasteiger partial charge in [0, 0.05) is 18.7 Å². The predicted molar refractivity (Wildman–Crippen MR) is 87.1 cm³/mol. The Morgan fingerprint density at radius 2 is 1.96 bits per heavy atom. The minimum atomic E-state index is -0.951. The number of carbonyl (C=O) groups excluding carboxylic acids is 3. The van der Waals surface area contributed by atoms with E-state index < -0.39 is 26.9 Å². The number of benzene rings is 1. The van der Waals surface area contributed by atoms with Crippen LogP contribution in [0, 0.1) is 5.92 Å². The third-order valence-electron chi connectivity index (χ3n) is 3.23. The SMILES string of the molecule is COC(=O)C1CC(=O)N(c2ccc(C(=O)OOPO)cc2)C1.P. The summed E-state index contributed by atoms with van der Waals surface area (Å²) in [6, 6.07) is 6.05. The maximum atomic E-state index is 11.9. The Balaban J connectivity index is 0.00000264. The van der Waals surface area contributed by atoms with Crippen LogP contribution in [0.5, 0.6) is 0 Å². The first-order valence-electron chi connectivity index (χ1n) is 6.32. The molecule has 1 amide bonds. The van der Waals surface area contributed by atoms with Crippen LogP contribution in [-0.4, -0.2) is 36.4 Å². The molecule has 0 aliphatic carbocycles. The molecule has 0 saturated carbocycles. The van der Waals surface area contributed by atoms with Crippen molar-refractivity contribution in [1.82, 2.24) is 0 Å². The smallest absolute Gasteiger partial charge is 0.373 e. The zero-order chi connectivity index (χ0) is 16.1. The van der Waals surface area contributed by atoms with Crippen LogP contribution >= 0.6 is 18.9 Å². The van der Waals surface area contributed by atoms with Gasteiger partial charge in [0.15, 0.2) is 0 Å². The molecule has 0 radical (unpaired) electrons. The fourth-order valence-corrected chi connectivity index (χ4v) is 2.28. The molecule has 1 aromatic rings. The van der Waals surface area contributed by atoms with Crippen LogP contribution in [0.15, 0.2) is 24.3 Å². The van der Waals surface area contributed by atoms with Gasteiger partial charge in [-0.3, -0.25) is 14.5 Å². The summed E-state index contributed by atoms with van der Waals surface area (Å²) in [5.41, 5.74) is 0.774. The first kappa shape index (κ1) is 19.5. The molecule has 10 heteroatoms. The summed E-state index contributed by atoms with van der Waals surface area (Å²) >= 11 is 0. The Morgan fingerprint density at radius 3 is 2.52 bits per heavy atom. The summed E-state index contributed by atoms with van der Waals surface area (Å²) in [5, 5.41) is 0. The van der Waals surface area contributed by atoms with Gasteiger partial charge in [-0.15, -0.1) is 4.67 Å². The number of rotatable bonds is 5. The highest BCUT2D eigenvalue weighted by Crippen LogP contribution is 2.26. The first-order chi connectivity index (χ1) is 10.6. The van der Waals surface area contributed by atoms with Crippen molar-refractivity contribution >= 4 is 42.5 Å². The lowest BCUT2D eigenvalue weighted by Crippen LogP contribution is -2.26. The average molecular weight is 361 g/mol. The number of hydrogen-bond acceptors (Lipinski definition) is 7. The summed E-state index contributed by atoms with van der Waals surface area (Å²) in [4.78, 5) is 49.1. The van der Waals surface area contributed by atoms with Crippen molar-refractivity contribution in [3.63, 3.8) is 0 Å². The van der Waals surface area contributed by atoms with E-state index in [4.69, 9.17) is 4.89 Å². The number of nitrogens with zero attached hydrogens (tertiary/aromatic N) is 1. The van der Waals surface area contributed by atoms with Gasteiger partial charge in [0.2, 0.25) is 14.9 Å². The molecule has 0 spiro atoms. The second-order valence-corrected chi connectivity index (χ2v) is 4.87. The largest absolute Gasteiger partial charge is 0.469 e. The molecular formula is C13H17NO7P2. The van der Waals surface area contributed by atoms with E-state index in [1.165, 1.54) is 24.1 Å². The van der Waals surface area contributed by atoms with Crippen molar-refractivity contribution in [2.24, 2.45) is 5.92 Å². The molecule has 1 heterocycles. The van der Waals surface area contributed by atoms with Crippen molar-refractivity contribution in [3.05, 3.63) is 29.8 Å². The fraction of sp³-hybridized carbons (Fsp3) is 0.308. The Kier molecular flexibility index (Phi) is 7.52. The van der Waals surface area contributed by atoms with E-state index in [-0.39, 0.29) is 34.3 Å². The van der Waals surface area contributed by atoms with Crippen LogP contribution in [0.3, 0.4) is 0 Å². The normalized spacial score (nSPS) is 17.2. The van der Waals surface area contributed by atoms with Crippen molar-refractivity contribution in [2.75, 3.05) is 18.6 Å². The minimum absolute atomic E-state index is 0. The van der Waals surface area contributed by atoms with Gasteiger partial charge in [-0.2, -0.15) is 9.90 Å². The van der Waals surface area contributed by atoms with Gasteiger partial charge in [-0.05, 0) is 24.3 Å². The Morgan fingerprint density at radius 1 is 1.30 bits per heavy atom. The highest BCUT2D eigenvalue weighted by atomic mass is 31.1. The lowest BCUT2D eigenvalue weighted by molar-refractivity contribution is -0.145. The molecule has 1 aromatic carbocycles. The Hall–Kier alpha value is -1.59. The summed E-state index contributed by atoms with van der Waals surface area (Å²) in [5.74, 6) is -1.84. The van der Waals surface area contributed by atoms with Crippen molar-refractivity contribution in [3.8, 4) is 0 Å². The van der Waals surface area contributed by atoms with E-state index in [9.17, 15) is 14.4 Å². The van der Waals surface area contributed by atoms with Crippen LogP contribution in [0.1, 0.15) is 16.8 Å². The third kappa shape index (κ3) is 4.69. The van der Waals surface area contributed by atoms with E-state index in [1.807, 2.05) is 0 Å². The van der Waals surface area contributed by atoms with Gasteiger partial charge < -0.3 is 14.5 Å². The quantitative estimate of drug-likeness (QED) is 0.359. The topological polar surface area (TPSA) is 102 Å². The number of esters is 1. The Labute approximate surface area is 137 Å². The molecule has 3 unspecified atom stereocenters. The number of anilines is 1. The number of carbonyl (C=O) groups is 3. The zero-order valence-corrected chi connectivity index (χ0v) is 14.8. The second kappa shape index (κ2) is 8.89. The molecule has 3 atom stereocenters. The van der Waals surface area contributed by atoms with Gasteiger partial charge in [0.05, 0.1) is 18.6 Å². The third-order valence-corrected chi connectivity index (χ3v) is 3.39. The highest BCUT2D eigenvalue weighted by Gasteiger charge is 2.35. The van der Waals surface area contributed by atoms with Crippen molar-refractivity contribution in [2.45, 2.75) is 6.42 Å². The van der Waals surface area contributed by atoms with E-state index in [2.05, 4.69) is 14.3 Å². The van der Waals surface area contributed by atoms with E-state index in [0.29, 0.717) is 5.69 Å². The standard InChI is InChI=1S/C13H14NO7P.H3P/c1-19-12(16)9-6-11(15)14(7-9)10-4-2-8(3-5-10)13(17)20-21-22-18;/h2-5,9,18,22H,6-7H2,1H3;1H3. The average Bonchev–Trinajstić information content (AvgIpc) is 2.93. The van der Waals surface area contributed by atoms with Crippen LogP contribution in [0.4, 0.5) is 5.69 Å². The molecular weight excluding hydrogens is 344 g/mol. The number of methoxy groups -OCH3 is 1. The van der Waals surface area contributed by atoms with Gasteiger partial charge in [0.1, 0.15) is 0 Å². The van der Waals surface area contributed by atoms with Crippen molar-refractivity contribution < 1.29 is 33.6 Å². The summed E-state index contributed by atoms with van der Waals surface area (Å²) in [6.07, 6.45) is 0.0989. The molecule has 0 bridgehead atoms. The maximum Gasteiger partial charge on any atom is 0.373 e. The molecule has 0 aromatic heterocycles. The molecule has 1 saturated heterocycles. The van der Waals surface area contributed by atoms with E-state index >= 15 is 0 Å². The van der Waals surface area contributed by atoms with E-state index in [1.54, 1.807) is 12.1 Å². The van der Waals surface area contributed by atoms with Crippen molar-refractivity contribution in [1.29, 1.82) is 0 Å². The number of hydrogen-bond donors (Lipinski definition) is 1. The van der Waals surface area contributed by atoms with Crippen LogP contribution in [0.25, 0.3) is 0 Å². The molecule has 23 heavy (non-hydrogen) atoms. The summed E-state index contributed by atoms with van der Waals surface area (Å²) in [6.45, 7) is 0.240. The highest BCUT2D eigenvalue weighted by molar-refractivity contribution is 7.24. The van der Waals surface area contributed by atoms with Gasteiger partial charge >= 0.3 is 11.9 Å². The zero-order valence-electron chi connectivity index (χ0n) is 12.4. The molecule has 1 N–H and O–H groups in total. The Bertz CT molecular complexity index is 578. The fourth-order valence-electron chi connectivity index (χ4n) is 2.16.